The molecule has 2 N–H and O–H groups in total. The minimum absolute atomic E-state index is 0. The zero-order chi connectivity index (χ0) is 13.5. The topological polar surface area (TPSA) is 47.6 Å². The lowest BCUT2D eigenvalue weighted by Gasteiger charge is -2.37. The number of piperazine rings is 1. The Kier molecular flexibility index (Phi) is 8.45. The van der Waals surface area contributed by atoms with Gasteiger partial charge in [0.25, 0.3) is 0 Å². The zero-order valence-electron chi connectivity index (χ0n) is 12.6. The number of rotatable bonds is 5. The molecule has 2 fully saturated rings. The molecule has 0 atom stereocenters. The number of halogens is 1. The van der Waals surface area contributed by atoms with E-state index in [0.717, 1.165) is 38.6 Å². The average molecular weight is 305 g/mol. The number of piperidine rings is 1. The summed E-state index contributed by atoms with van der Waals surface area (Å²) in [5.41, 5.74) is 0. The van der Waals surface area contributed by atoms with Crippen molar-refractivity contribution in [3.05, 3.63) is 0 Å². The average Bonchev–Trinajstić information content (AvgIpc) is 2.42. The van der Waals surface area contributed by atoms with Gasteiger partial charge in [0.05, 0.1) is 6.54 Å². The smallest absolute Gasteiger partial charge is 0.234 e. The van der Waals surface area contributed by atoms with Crippen LogP contribution in [0.5, 0.6) is 0 Å². The number of nitrogens with zero attached hydrogens (tertiary/aromatic N) is 2. The van der Waals surface area contributed by atoms with Crippen LogP contribution >= 0.6 is 12.4 Å². The summed E-state index contributed by atoms with van der Waals surface area (Å²) in [7, 11) is 0. The Hall–Kier alpha value is -0.360. The standard InChI is InChI=1S/C14H28N4O.ClH/c1-2-16-14(19)12-18-9-7-17(8-10-18)11-13-3-5-15-6-4-13;/h13,15H,2-12H2,1H3,(H,16,19);1H. The van der Waals surface area contributed by atoms with Gasteiger partial charge in [-0.1, -0.05) is 0 Å². The Labute approximate surface area is 128 Å². The second-order valence-corrected chi connectivity index (χ2v) is 5.72. The van der Waals surface area contributed by atoms with Gasteiger partial charge in [-0.25, -0.2) is 0 Å². The molecule has 0 saturated carbocycles. The SMILES string of the molecule is CCNC(=O)CN1CCN(CC2CCNCC2)CC1.Cl. The first-order valence-electron chi connectivity index (χ1n) is 7.70. The lowest BCUT2D eigenvalue weighted by molar-refractivity contribution is -0.122. The minimum atomic E-state index is 0. The van der Waals surface area contributed by atoms with Crippen molar-refractivity contribution >= 4 is 18.3 Å². The minimum Gasteiger partial charge on any atom is -0.355 e. The zero-order valence-corrected chi connectivity index (χ0v) is 13.4. The molecule has 0 bridgehead atoms. The second kappa shape index (κ2) is 9.55. The maximum Gasteiger partial charge on any atom is 0.234 e. The van der Waals surface area contributed by atoms with Crippen molar-refractivity contribution in [3.63, 3.8) is 0 Å². The highest BCUT2D eigenvalue weighted by molar-refractivity contribution is 5.85. The fourth-order valence-corrected chi connectivity index (χ4v) is 3.02. The van der Waals surface area contributed by atoms with E-state index in [1.807, 2.05) is 6.92 Å². The molecular formula is C14H29ClN4O. The van der Waals surface area contributed by atoms with E-state index in [1.165, 1.54) is 32.5 Å². The maximum atomic E-state index is 11.5. The molecule has 118 valence electrons. The summed E-state index contributed by atoms with van der Waals surface area (Å²) in [5.74, 6) is 1.03. The van der Waals surface area contributed by atoms with E-state index in [-0.39, 0.29) is 18.3 Å². The van der Waals surface area contributed by atoms with Gasteiger partial charge in [-0.3, -0.25) is 9.69 Å². The quantitative estimate of drug-likeness (QED) is 0.760. The van der Waals surface area contributed by atoms with Crippen LogP contribution in [0, 0.1) is 5.92 Å². The van der Waals surface area contributed by atoms with Crippen LogP contribution in [0.1, 0.15) is 19.8 Å². The molecule has 6 heteroatoms. The first kappa shape index (κ1) is 17.7. The van der Waals surface area contributed by atoms with Crippen molar-refractivity contribution in [3.8, 4) is 0 Å². The normalized spacial score (nSPS) is 22.2. The fraction of sp³-hybridized carbons (Fsp3) is 0.929. The lowest BCUT2D eigenvalue weighted by atomic mass is 9.97. The molecule has 2 saturated heterocycles. The predicted octanol–water partition coefficient (Wildman–Crippen LogP) is 0.162. The molecule has 0 aliphatic carbocycles. The fourth-order valence-electron chi connectivity index (χ4n) is 3.02. The third-order valence-corrected chi connectivity index (χ3v) is 4.18. The van der Waals surface area contributed by atoms with Crippen LogP contribution < -0.4 is 10.6 Å². The van der Waals surface area contributed by atoms with Gasteiger partial charge in [0.2, 0.25) is 5.91 Å². The molecule has 2 aliphatic heterocycles. The molecule has 20 heavy (non-hydrogen) atoms. The van der Waals surface area contributed by atoms with Crippen LogP contribution in [0.2, 0.25) is 0 Å². The van der Waals surface area contributed by atoms with E-state index in [1.54, 1.807) is 0 Å². The van der Waals surface area contributed by atoms with Gasteiger partial charge in [-0.05, 0) is 38.8 Å². The lowest BCUT2D eigenvalue weighted by Crippen LogP contribution is -2.50. The number of hydrogen-bond acceptors (Lipinski definition) is 4. The number of carbonyl (C=O) groups excluding carboxylic acids is 1. The molecule has 2 aliphatic rings. The van der Waals surface area contributed by atoms with Gasteiger partial charge in [-0.15, -0.1) is 12.4 Å². The number of nitrogens with one attached hydrogen (secondary N) is 2. The van der Waals surface area contributed by atoms with Crippen LogP contribution in [0.3, 0.4) is 0 Å². The highest BCUT2D eigenvalue weighted by Gasteiger charge is 2.22. The molecule has 2 heterocycles. The third kappa shape index (κ3) is 5.95. The Balaban J connectivity index is 0.00000200. The van der Waals surface area contributed by atoms with Gasteiger partial charge < -0.3 is 15.5 Å². The van der Waals surface area contributed by atoms with Gasteiger partial charge in [0.1, 0.15) is 0 Å². The van der Waals surface area contributed by atoms with Crippen LogP contribution in [-0.2, 0) is 4.79 Å². The molecular weight excluding hydrogens is 276 g/mol. The number of amides is 1. The highest BCUT2D eigenvalue weighted by Crippen LogP contribution is 2.14. The largest absolute Gasteiger partial charge is 0.355 e. The molecule has 0 radical (unpaired) electrons. The summed E-state index contributed by atoms with van der Waals surface area (Å²) >= 11 is 0. The van der Waals surface area contributed by atoms with E-state index in [9.17, 15) is 4.79 Å². The van der Waals surface area contributed by atoms with Crippen molar-refractivity contribution in [1.29, 1.82) is 0 Å². The van der Waals surface area contributed by atoms with Gasteiger partial charge in [0, 0.05) is 39.3 Å². The summed E-state index contributed by atoms with van der Waals surface area (Å²) in [6, 6.07) is 0. The second-order valence-electron chi connectivity index (χ2n) is 5.72. The van der Waals surface area contributed by atoms with Crippen molar-refractivity contribution in [2.75, 3.05) is 58.9 Å². The summed E-state index contributed by atoms with van der Waals surface area (Å²) in [4.78, 5) is 16.4. The molecule has 1 amide bonds. The Bertz CT molecular complexity index is 276. The van der Waals surface area contributed by atoms with E-state index in [2.05, 4.69) is 20.4 Å². The molecule has 0 aromatic rings. The van der Waals surface area contributed by atoms with Crippen LogP contribution in [-0.4, -0.2) is 74.6 Å². The first-order valence-corrected chi connectivity index (χ1v) is 7.70. The molecule has 0 aromatic carbocycles. The number of hydrogen-bond donors (Lipinski definition) is 2. The van der Waals surface area contributed by atoms with E-state index in [0.29, 0.717) is 6.54 Å². The maximum absolute atomic E-state index is 11.5. The molecule has 5 nitrogen and oxygen atoms in total. The van der Waals surface area contributed by atoms with Crippen molar-refractivity contribution in [2.24, 2.45) is 5.92 Å². The van der Waals surface area contributed by atoms with Gasteiger partial charge >= 0.3 is 0 Å². The number of likely N-dealkylation sites (N-methyl/N-ethyl adjacent to an activating group) is 1. The van der Waals surface area contributed by atoms with Crippen molar-refractivity contribution in [1.82, 2.24) is 20.4 Å². The Morgan fingerprint density at radius 1 is 1.15 bits per heavy atom. The summed E-state index contributed by atoms with van der Waals surface area (Å²) in [6.07, 6.45) is 2.64. The number of carbonyl (C=O) groups is 1. The van der Waals surface area contributed by atoms with E-state index >= 15 is 0 Å². The Morgan fingerprint density at radius 2 is 1.75 bits per heavy atom. The summed E-state index contributed by atoms with van der Waals surface area (Å²) in [5, 5.41) is 6.29. The van der Waals surface area contributed by atoms with E-state index in [4.69, 9.17) is 0 Å². The van der Waals surface area contributed by atoms with Gasteiger partial charge in [-0.2, -0.15) is 0 Å². The highest BCUT2D eigenvalue weighted by atomic mass is 35.5. The molecule has 0 unspecified atom stereocenters. The predicted molar refractivity (Wildman–Crippen MR) is 84.4 cm³/mol. The third-order valence-electron chi connectivity index (χ3n) is 4.18. The molecule has 0 spiro atoms. The molecule has 2 rings (SSSR count). The Morgan fingerprint density at radius 3 is 2.35 bits per heavy atom. The summed E-state index contributed by atoms with van der Waals surface area (Å²) in [6.45, 7) is 11.2. The van der Waals surface area contributed by atoms with Crippen molar-refractivity contribution in [2.45, 2.75) is 19.8 Å². The molecule has 0 aromatic heterocycles. The summed E-state index contributed by atoms with van der Waals surface area (Å²) < 4.78 is 0. The first-order chi connectivity index (χ1) is 9.28. The van der Waals surface area contributed by atoms with Crippen LogP contribution in [0.25, 0.3) is 0 Å². The van der Waals surface area contributed by atoms with Crippen LogP contribution in [0.15, 0.2) is 0 Å². The monoisotopic (exact) mass is 304 g/mol. The van der Waals surface area contributed by atoms with Gasteiger partial charge in [0.15, 0.2) is 0 Å². The van der Waals surface area contributed by atoms with Crippen molar-refractivity contribution < 1.29 is 4.79 Å². The van der Waals surface area contributed by atoms with E-state index < -0.39 is 0 Å². The van der Waals surface area contributed by atoms with Crippen LogP contribution in [0.4, 0.5) is 0 Å².